The van der Waals surface area contributed by atoms with Crippen LogP contribution in [-0.2, 0) is 0 Å². The summed E-state index contributed by atoms with van der Waals surface area (Å²) in [5, 5.41) is 5.15. The minimum atomic E-state index is -0.000115. The lowest BCUT2D eigenvalue weighted by Gasteiger charge is -2.15. The molecule has 1 N–H and O–H groups in total. The lowest BCUT2D eigenvalue weighted by molar-refractivity contribution is 0.476. The van der Waals surface area contributed by atoms with Crippen LogP contribution in [0.4, 0.5) is 0 Å². The van der Waals surface area contributed by atoms with E-state index >= 15 is 0 Å². The Labute approximate surface area is 122 Å². The van der Waals surface area contributed by atoms with Crippen molar-refractivity contribution in [2.45, 2.75) is 13.0 Å². The number of pyridine rings is 1. The Balaban J connectivity index is 2.05. The van der Waals surface area contributed by atoms with Gasteiger partial charge in [-0.15, -0.1) is 0 Å². The number of nitrogens with zero attached hydrogens (tertiary/aromatic N) is 1. The van der Waals surface area contributed by atoms with Gasteiger partial charge >= 0.3 is 0 Å². The number of halogens is 1. The Bertz CT molecular complexity index is 709. The van der Waals surface area contributed by atoms with E-state index in [2.05, 4.69) is 17.2 Å². The fourth-order valence-corrected chi connectivity index (χ4v) is 2.49. The lowest BCUT2D eigenvalue weighted by Crippen LogP contribution is -2.21. The quantitative estimate of drug-likeness (QED) is 0.782. The average molecular weight is 287 g/mol. The van der Waals surface area contributed by atoms with E-state index in [1.807, 2.05) is 42.6 Å². The molecule has 2 heterocycles. The molecule has 0 saturated heterocycles. The van der Waals surface area contributed by atoms with Gasteiger partial charge in [0.2, 0.25) is 0 Å². The molecule has 0 aliphatic carbocycles. The van der Waals surface area contributed by atoms with Crippen molar-refractivity contribution in [1.29, 1.82) is 0 Å². The standard InChI is InChI=1S/C16H15ClN2O/c1-2-19-16(11-4-3-7-18-10-11)15-9-12-8-13(17)5-6-14(12)20-15/h3-10,16,19H,2H2,1H3. The van der Waals surface area contributed by atoms with Gasteiger partial charge in [-0.05, 0) is 42.4 Å². The van der Waals surface area contributed by atoms with E-state index in [0.29, 0.717) is 5.02 Å². The minimum Gasteiger partial charge on any atom is -0.459 e. The van der Waals surface area contributed by atoms with Crippen molar-refractivity contribution in [1.82, 2.24) is 10.3 Å². The van der Waals surface area contributed by atoms with Gasteiger partial charge < -0.3 is 9.73 Å². The predicted octanol–water partition coefficient (Wildman–Crippen LogP) is 4.18. The number of hydrogen-bond acceptors (Lipinski definition) is 3. The van der Waals surface area contributed by atoms with E-state index in [0.717, 1.165) is 28.8 Å². The summed E-state index contributed by atoms with van der Waals surface area (Å²) in [5.41, 5.74) is 1.93. The van der Waals surface area contributed by atoms with Crippen LogP contribution >= 0.6 is 11.6 Å². The number of furan rings is 1. The third-order valence-electron chi connectivity index (χ3n) is 3.21. The van der Waals surface area contributed by atoms with Gasteiger partial charge in [0.15, 0.2) is 0 Å². The number of hydrogen-bond donors (Lipinski definition) is 1. The van der Waals surface area contributed by atoms with Crippen LogP contribution in [0.5, 0.6) is 0 Å². The molecule has 0 radical (unpaired) electrons. The van der Waals surface area contributed by atoms with Crippen molar-refractivity contribution in [2.75, 3.05) is 6.54 Å². The highest BCUT2D eigenvalue weighted by atomic mass is 35.5. The molecule has 3 aromatic rings. The van der Waals surface area contributed by atoms with Gasteiger partial charge in [-0.1, -0.05) is 24.6 Å². The van der Waals surface area contributed by atoms with Gasteiger partial charge in [0, 0.05) is 22.8 Å². The zero-order chi connectivity index (χ0) is 13.9. The molecular weight excluding hydrogens is 272 g/mol. The van der Waals surface area contributed by atoms with E-state index in [1.54, 1.807) is 6.20 Å². The Morgan fingerprint density at radius 1 is 1.30 bits per heavy atom. The first-order chi connectivity index (χ1) is 9.78. The van der Waals surface area contributed by atoms with E-state index in [1.165, 1.54) is 0 Å². The summed E-state index contributed by atoms with van der Waals surface area (Å²) in [6, 6.07) is 11.6. The summed E-state index contributed by atoms with van der Waals surface area (Å²) in [5.74, 6) is 0.872. The van der Waals surface area contributed by atoms with Crippen molar-refractivity contribution in [3.05, 3.63) is 65.1 Å². The summed E-state index contributed by atoms with van der Waals surface area (Å²) in [4.78, 5) is 4.18. The maximum absolute atomic E-state index is 6.02. The average Bonchev–Trinajstić information content (AvgIpc) is 2.88. The molecule has 20 heavy (non-hydrogen) atoms. The van der Waals surface area contributed by atoms with Crippen molar-refractivity contribution >= 4 is 22.6 Å². The molecule has 4 heteroatoms. The Morgan fingerprint density at radius 3 is 2.95 bits per heavy atom. The van der Waals surface area contributed by atoms with E-state index in [4.69, 9.17) is 16.0 Å². The fraction of sp³-hybridized carbons (Fsp3) is 0.188. The molecule has 0 aliphatic heterocycles. The predicted molar refractivity (Wildman–Crippen MR) is 81.0 cm³/mol. The van der Waals surface area contributed by atoms with E-state index < -0.39 is 0 Å². The van der Waals surface area contributed by atoms with Crippen LogP contribution in [-0.4, -0.2) is 11.5 Å². The maximum atomic E-state index is 6.02. The summed E-state index contributed by atoms with van der Waals surface area (Å²) >= 11 is 6.02. The maximum Gasteiger partial charge on any atom is 0.134 e. The number of nitrogens with one attached hydrogen (secondary N) is 1. The largest absolute Gasteiger partial charge is 0.459 e. The second-order valence-corrected chi connectivity index (χ2v) is 5.04. The molecule has 1 atom stereocenters. The van der Waals surface area contributed by atoms with Gasteiger partial charge in [0.05, 0.1) is 6.04 Å². The second kappa shape index (κ2) is 5.65. The molecule has 0 bridgehead atoms. The first kappa shape index (κ1) is 13.2. The molecule has 102 valence electrons. The van der Waals surface area contributed by atoms with E-state index in [9.17, 15) is 0 Å². The molecule has 0 aliphatic rings. The van der Waals surface area contributed by atoms with Crippen LogP contribution in [0.15, 0.2) is 53.2 Å². The van der Waals surface area contributed by atoms with Gasteiger partial charge in [0.25, 0.3) is 0 Å². The first-order valence-electron chi connectivity index (χ1n) is 6.60. The second-order valence-electron chi connectivity index (χ2n) is 4.61. The van der Waals surface area contributed by atoms with Crippen molar-refractivity contribution < 1.29 is 4.42 Å². The highest BCUT2D eigenvalue weighted by Gasteiger charge is 2.17. The van der Waals surface area contributed by atoms with Gasteiger partial charge in [-0.3, -0.25) is 4.98 Å². The van der Waals surface area contributed by atoms with Gasteiger partial charge in [-0.2, -0.15) is 0 Å². The summed E-state index contributed by atoms with van der Waals surface area (Å²) < 4.78 is 5.94. The molecule has 3 nitrogen and oxygen atoms in total. The van der Waals surface area contributed by atoms with Crippen LogP contribution in [0.3, 0.4) is 0 Å². The van der Waals surface area contributed by atoms with Gasteiger partial charge in [-0.25, -0.2) is 0 Å². The smallest absolute Gasteiger partial charge is 0.134 e. The molecule has 2 aromatic heterocycles. The van der Waals surface area contributed by atoms with Crippen molar-refractivity contribution in [2.24, 2.45) is 0 Å². The fourth-order valence-electron chi connectivity index (χ4n) is 2.31. The molecule has 3 rings (SSSR count). The van der Waals surface area contributed by atoms with Crippen LogP contribution in [0.1, 0.15) is 24.3 Å². The SMILES string of the molecule is CCNC(c1cccnc1)c1cc2cc(Cl)ccc2o1. The number of rotatable bonds is 4. The van der Waals surface area contributed by atoms with E-state index in [-0.39, 0.29) is 6.04 Å². The highest BCUT2D eigenvalue weighted by Crippen LogP contribution is 2.29. The van der Waals surface area contributed by atoms with Crippen LogP contribution in [0, 0.1) is 0 Å². The van der Waals surface area contributed by atoms with Crippen molar-refractivity contribution in [3.63, 3.8) is 0 Å². The van der Waals surface area contributed by atoms with Crippen molar-refractivity contribution in [3.8, 4) is 0 Å². The Kier molecular flexibility index (Phi) is 3.72. The van der Waals surface area contributed by atoms with Crippen LogP contribution in [0.25, 0.3) is 11.0 Å². The monoisotopic (exact) mass is 286 g/mol. The number of benzene rings is 1. The summed E-state index contributed by atoms with van der Waals surface area (Å²) in [6.45, 7) is 2.92. The summed E-state index contributed by atoms with van der Waals surface area (Å²) in [6.07, 6.45) is 3.62. The molecule has 0 spiro atoms. The third-order valence-corrected chi connectivity index (χ3v) is 3.44. The van der Waals surface area contributed by atoms with Crippen LogP contribution < -0.4 is 5.32 Å². The molecular formula is C16H15ClN2O. The zero-order valence-electron chi connectivity index (χ0n) is 11.1. The number of fused-ring (bicyclic) bond motifs is 1. The topological polar surface area (TPSA) is 38.1 Å². The minimum absolute atomic E-state index is 0.000115. The van der Waals surface area contributed by atoms with Gasteiger partial charge in [0.1, 0.15) is 11.3 Å². The third kappa shape index (κ3) is 2.55. The van der Waals surface area contributed by atoms with Crippen LogP contribution in [0.2, 0.25) is 5.02 Å². The molecule has 0 fully saturated rings. The molecule has 0 saturated carbocycles. The Morgan fingerprint density at radius 2 is 2.20 bits per heavy atom. The molecule has 1 unspecified atom stereocenters. The highest BCUT2D eigenvalue weighted by molar-refractivity contribution is 6.31. The first-order valence-corrected chi connectivity index (χ1v) is 6.98. The zero-order valence-corrected chi connectivity index (χ0v) is 11.9. The summed E-state index contributed by atoms with van der Waals surface area (Å²) in [7, 11) is 0. The lowest BCUT2D eigenvalue weighted by atomic mass is 10.1. The normalized spacial score (nSPS) is 12.7. The molecule has 1 aromatic carbocycles. The number of aromatic nitrogens is 1. The Hall–Kier alpha value is -1.84. The molecule has 0 amide bonds.